The van der Waals surface area contributed by atoms with E-state index in [1.807, 2.05) is 4.90 Å². The first-order valence-corrected chi connectivity index (χ1v) is 12.6. The molecule has 1 amide bonds. The molecule has 0 aromatic carbocycles. The third-order valence-corrected chi connectivity index (χ3v) is 5.41. The molecule has 30 heavy (non-hydrogen) atoms. The lowest BCUT2D eigenvalue weighted by Crippen LogP contribution is -2.31. The van der Waals surface area contributed by atoms with Crippen molar-refractivity contribution >= 4 is 11.9 Å². The van der Waals surface area contributed by atoms with E-state index in [9.17, 15) is 9.59 Å². The van der Waals surface area contributed by atoms with Crippen molar-refractivity contribution in [3.05, 3.63) is 12.2 Å². The van der Waals surface area contributed by atoms with Gasteiger partial charge in [0.05, 0.1) is 6.61 Å². The molecular formula is C26H49NO3. The van der Waals surface area contributed by atoms with E-state index in [1.165, 1.54) is 76.4 Å². The van der Waals surface area contributed by atoms with Crippen molar-refractivity contribution in [2.75, 3.05) is 19.7 Å². The molecule has 0 aliphatic carbocycles. The number of esters is 1. The van der Waals surface area contributed by atoms with Gasteiger partial charge in [0.1, 0.15) is 0 Å². The van der Waals surface area contributed by atoms with Crippen LogP contribution in [0.2, 0.25) is 0 Å². The normalized spacial score (nSPS) is 11.4. The maximum atomic E-state index is 12.6. The smallest absolute Gasteiger partial charge is 0.330 e. The topological polar surface area (TPSA) is 46.6 Å². The predicted octanol–water partition coefficient (Wildman–Crippen LogP) is 7.07. The molecule has 0 fully saturated rings. The molecule has 176 valence electrons. The highest BCUT2D eigenvalue weighted by Gasteiger charge is 2.11. The lowest BCUT2D eigenvalue weighted by molar-refractivity contribution is -0.138. The molecule has 0 saturated heterocycles. The fourth-order valence-electron chi connectivity index (χ4n) is 3.46. The molecule has 0 aromatic rings. The molecule has 0 bridgehead atoms. The van der Waals surface area contributed by atoms with E-state index in [0.29, 0.717) is 12.5 Å². The highest BCUT2D eigenvalue weighted by Crippen LogP contribution is 2.10. The Morgan fingerprint density at radius 3 is 1.73 bits per heavy atom. The fraction of sp³-hybridized carbons (Fsp3) is 0.846. The molecule has 0 spiro atoms. The number of hydrogen-bond donors (Lipinski definition) is 0. The first kappa shape index (κ1) is 28.7. The number of ether oxygens (including phenoxy) is 1. The molecule has 0 rings (SSSR count). The number of carbonyl (C=O) groups is 2. The Hall–Kier alpha value is -1.32. The van der Waals surface area contributed by atoms with Crippen molar-refractivity contribution in [3.63, 3.8) is 0 Å². The summed E-state index contributed by atoms with van der Waals surface area (Å²) in [7, 11) is 0. The van der Waals surface area contributed by atoms with Gasteiger partial charge in [-0.05, 0) is 31.6 Å². The molecule has 0 saturated carbocycles. The molecule has 0 aliphatic rings. The largest absolute Gasteiger partial charge is 0.463 e. The van der Waals surface area contributed by atoms with Crippen molar-refractivity contribution in [1.29, 1.82) is 0 Å². The molecule has 0 aliphatic heterocycles. The summed E-state index contributed by atoms with van der Waals surface area (Å²) in [5.74, 6) is 0.140. The number of nitrogens with zero attached hydrogens (tertiary/aromatic N) is 1. The van der Waals surface area contributed by atoms with Gasteiger partial charge in [0.2, 0.25) is 5.91 Å². The second kappa shape index (κ2) is 20.9. The molecular weight excluding hydrogens is 374 g/mol. The number of rotatable bonds is 20. The summed E-state index contributed by atoms with van der Waals surface area (Å²) in [6.45, 7) is 10.8. The molecule has 4 nitrogen and oxygen atoms in total. The van der Waals surface area contributed by atoms with Gasteiger partial charge >= 0.3 is 5.97 Å². The van der Waals surface area contributed by atoms with E-state index >= 15 is 0 Å². The molecule has 0 radical (unpaired) electrons. The van der Waals surface area contributed by atoms with Crippen molar-refractivity contribution < 1.29 is 14.3 Å². The summed E-state index contributed by atoms with van der Waals surface area (Å²) in [6.07, 6.45) is 19.2. The lowest BCUT2D eigenvalue weighted by atomic mass is 10.1. The molecule has 0 aromatic heterocycles. The molecule has 0 atom stereocenters. The van der Waals surface area contributed by atoms with Crippen LogP contribution in [0.1, 0.15) is 118 Å². The van der Waals surface area contributed by atoms with Crippen LogP contribution in [-0.4, -0.2) is 36.5 Å². The average Bonchev–Trinajstić information content (AvgIpc) is 2.72. The zero-order valence-electron chi connectivity index (χ0n) is 20.4. The minimum absolute atomic E-state index is 0.0590. The lowest BCUT2D eigenvalue weighted by Gasteiger charge is -2.21. The van der Waals surface area contributed by atoms with Gasteiger partial charge in [-0.15, -0.1) is 0 Å². The Morgan fingerprint density at radius 2 is 1.23 bits per heavy atom. The van der Waals surface area contributed by atoms with Gasteiger partial charge < -0.3 is 9.64 Å². The zero-order chi connectivity index (χ0) is 22.5. The summed E-state index contributed by atoms with van der Waals surface area (Å²) in [6, 6.07) is 0. The quantitative estimate of drug-likeness (QED) is 0.119. The SMILES string of the molecule is CCCCCCCCN(CCCCCCCC)C(=O)/C=C/C(=O)OCCCC(C)C. The predicted molar refractivity (Wildman–Crippen MR) is 128 cm³/mol. The highest BCUT2D eigenvalue weighted by atomic mass is 16.5. The third kappa shape index (κ3) is 18.7. The van der Waals surface area contributed by atoms with Crippen LogP contribution in [0.4, 0.5) is 0 Å². The van der Waals surface area contributed by atoms with Crippen LogP contribution < -0.4 is 0 Å². The number of hydrogen-bond acceptors (Lipinski definition) is 3. The number of unbranched alkanes of at least 4 members (excludes halogenated alkanes) is 10. The van der Waals surface area contributed by atoms with Crippen LogP contribution in [0.5, 0.6) is 0 Å². The van der Waals surface area contributed by atoms with Crippen LogP contribution in [-0.2, 0) is 14.3 Å². The Kier molecular flexibility index (Phi) is 20.0. The monoisotopic (exact) mass is 423 g/mol. The van der Waals surface area contributed by atoms with Crippen molar-refractivity contribution in [3.8, 4) is 0 Å². The maximum Gasteiger partial charge on any atom is 0.330 e. The van der Waals surface area contributed by atoms with Crippen molar-refractivity contribution in [2.24, 2.45) is 5.92 Å². The van der Waals surface area contributed by atoms with Gasteiger partial charge in [-0.25, -0.2) is 4.79 Å². The second-order valence-corrected chi connectivity index (χ2v) is 8.90. The summed E-state index contributed by atoms with van der Waals surface area (Å²) in [4.78, 5) is 26.4. The maximum absolute atomic E-state index is 12.6. The summed E-state index contributed by atoms with van der Waals surface area (Å²) in [5, 5.41) is 0. The van der Waals surface area contributed by atoms with Gasteiger partial charge in [-0.2, -0.15) is 0 Å². The number of carbonyl (C=O) groups excluding carboxylic acids is 2. The van der Waals surface area contributed by atoms with Gasteiger partial charge in [0, 0.05) is 25.2 Å². The van der Waals surface area contributed by atoms with Gasteiger partial charge in [-0.3, -0.25) is 4.79 Å². The van der Waals surface area contributed by atoms with Crippen LogP contribution in [0.15, 0.2) is 12.2 Å². The van der Waals surface area contributed by atoms with E-state index in [4.69, 9.17) is 4.74 Å². The summed E-state index contributed by atoms with van der Waals surface area (Å²) < 4.78 is 5.20. The minimum atomic E-state index is -0.411. The third-order valence-electron chi connectivity index (χ3n) is 5.41. The standard InChI is InChI=1S/C26H49NO3/c1-5-7-9-11-13-15-21-27(22-16-14-12-10-8-6-2)25(28)19-20-26(29)30-23-17-18-24(3)4/h19-20,24H,5-18,21-23H2,1-4H3/b20-19+. The molecule has 0 unspecified atom stereocenters. The van der Waals surface area contributed by atoms with E-state index in [2.05, 4.69) is 27.7 Å². The summed E-state index contributed by atoms with van der Waals surface area (Å²) >= 11 is 0. The number of amides is 1. The second-order valence-electron chi connectivity index (χ2n) is 8.90. The fourth-order valence-corrected chi connectivity index (χ4v) is 3.46. The highest BCUT2D eigenvalue weighted by molar-refractivity contribution is 5.94. The first-order chi connectivity index (χ1) is 14.5. The van der Waals surface area contributed by atoms with E-state index < -0.39 is 5.97 Å². The van der Waals surface area contributed by atoms with Crippen LogP contribution in [0, 0.1) is 5.92 Å². The molecule has 0 heterocycles. The first-order valence-electron chi connectivity index (χ1n) is 12.6. The van der Waals surface area contributed by atoms with Gasteiger partial charge in [-0.1, -0.05) is 91.9 Å². The van der Waals surface area contributed by atoms with Crippen LogP contribution >= 0.6 is 0 Å². The Morgan fingerprint density at radius 1 is 0.733 bits per heavy atom. The molecule has 4 heteroatoms. The van der Waals surface area contributed by atoms with Crippen LogP contribution in [0.3, 0.4) is 0 Å². The van der Waals surface area contributed by atoms with E-state index in [0.717, 1.165) is 38.8 Å². The van der Waals surface area contributed by atoms with Crippen LogP contribution in [0.25, 0.3) is 0 Å². The summed E-state index contributed by atoms with van der Waals surface area (Å²) in [5.41, 5.74) is 0. The van der Waals surface area contributed by atoms with Crippen molar-refractivity contribution in [2.45, 2.75) is 118 Å². The Bertz CT molecular complexity index is 430. The van der Waals surface area contributed by atoms with Crippen molar-refractivity contribution in [1.82, 2.24) is 4.90 Å². The molecule has 0 N–H and O–H groups in total. The zero-order valence-corrected chi connectivity index (χ0v) is 20.4. The minimum Gasteiger partial charge on any atom is -0.463 e. The Balaban J connectivity index is 4.35. The van der Waals surface area contributed by atoms with E-state index in [1.54, 1.807) is 0 Å². The van der Waals surface area contributed by atoms with Gasteiger partial charge in [0.15, 0.2) is 0 Å². The Labute approximate surface area is 186 Å². The van der Waals surface area contributed by atoms with E-state index in [-0.39, 0.29) is 5.91 Å². The van der Waals surface area contributed by atoms with Gasteiger partial charge in [0.25, 0.3) is 0 Å². The average molecular weight is 424 g/mol.